The van der Waals surface area contributed by atoms with E-state index in [0.29, 0.717) is 22.9 Å². The van der Waals surface area contributed by atoms with E-state index in [-0.39, 0.29) is 11.3 Å². The molecule has 1 saturated carbocycles. The lowest BCUT2D eigenvalue weighted by Crippen LogP contribution is -2.34. The first-order valence-electron chi connectivity index (χ1n) is 7.72. The molecular weight excluding hydrogens is 286 g/mol. The van der Waals surface area contributed by atoms with Gasteiger partial charge in [0.25, 0.3) is 5.91 Å². The third-order valence-corrected chi connectivity index (χ3v) is 4.44. The highest BCUT2D eigenvalue weighted by atomic mass is 35.5. The number of anilines is 1. The Bertz CT molecular complexity index is 498. The van der Waals surface area contributed by atoms with Crippen LogP contribution in [0, 0.1) is 5.41 Å². The monoisotopic (exact) mass is 309 g/mol. The van der Waals surface area contributed by atoms with Gasteiger partial charge in [-0.2, -0.15) is 0 Å². The van der Waals surface area contributed by atoms with Crippen molar-refractivity contribution in [3.8, 4) is 0 Å². The molecular formula is C16H24ClN3O. The average Bonchev–Trinajstić information content (AvgIpc) is 2.91. The maximum absolute atomic E-state index is 12.3. The number of hydrogen-bond acceptors (Lipinski definition) is 3. The lowest BCUT2D eigenvalue weighted by atomic mass is 9.89. The van der Waals surface area contributed by atoms with Crippen molar-refractivity contribution in [3.05, 3.63) is 22.8 Å². The third-order valence-electron chi connectivity index (χ3n) is 4.14. The Morgan fingerprint density at radius 2 is 2.14 bits per heavy atom. The molecule has 0 saturated heterocycles. The highest BCUT2D eigenvalue weighted by Crippen LogP contribution is 2.36. The van der Waals surface area contributed by atoms with Crippen LogP contribution in [0.1, 0.15) is 56.3 Å². The molecule has 5 heteroatoms. The summed E-state index contributed by atoms with van der Waals surface area (Å²) in [5, 5.41) is 6.59. The van der Waals surface area contributed by atoms with Gasteiger partial charge in [-0.1, -0.05) is 38.3 Å². The van der Waals surface area contributed by atoms with E-state index < -0.39 is 0 Å². The summed E-state index contributed by atoms with van der Waals surface area (Å²) in [4.78, 5) is 16.5. The summed E-state index contributed by atoms with van der Waals surface area (Å²) < 4.78 is 0. The Hall–Kier alpha value is -1.29. The minimum Gasteiger partial charge on any atom is -0.370 e. The van der Waals surface area contributed by atoms with Gasteiger partial charge in [0.15, 0.2) is 0 Å². The average molecular weight is 310 g/mol. The summed E-state index contributed by atoms with van der Waals surface area (Å²) in [5.41, 5.74) is 0.727. The van der Waals surface area contributed by atoms with Crippen LogP contribution < -0.4 is 10.6 Å². The van der Waals surface area contributed by atoms with E-state index in [4.69, 9.17) is 11.6 Å². The van der Waals surface area contributed by atoms with Crippen LogP contribution in [0.25, 0.3) is 0 Å². The van der Waals surface area contributed by atoms with Crippen molar-refractivity contribution in [2.45, 2.75) is 46.0 Å². The molecule has 1 amide bonds. The Morgan fingerprint density at radius 3 is 2.81 bits per heavy atom. The highest BCUT2D eigenvalue weighted by Gasteiger charge is 2.29. The topological polar surface area (TPSA) is 54.0 Å². The van der Waals surface area contributed by atoms with Gasteiger partial charge in [0.05, 0.1) is 10.6 Å². The minimum atomic E-state index is -0.116. The van der Waals surface area contributed by atoms with Crippen LogP contribution in [0.5, 0.6) is 0 Å². The number of nitrogens with zero attached hydrogens (tertiary/aromatic N) is 1. The van der Waals surface area contributed by atoms with Gasteiger partial charge in [-0.3, -0.25) is 4.79 Å². The zero-order valence-corrected chi connectivity index (χ0v) is 13.6. The molecule has 0 atom stereocenters. The molecule has 1 aliphatic rings. The number of carbonyl (C=O) groups is 1. The Balaban J connectivity index is 2.00. The summed E-state index contributed by atoms with van der Waals surface area (Å²) in [6, 6.07) is 1.73. The van der Waals surface area contributed by atoms with Crippen LogP contribution in [-0.2, 0) is 0 Å². The molecule has 0 bridgehead atoms. The highest BCUT2D eigenvalue weighted by molar-refractivity contribution is 6.33. The van der Waals surface area contributed by atoms with Crippen molar-refractivity contribution < 1.29 is 4.79 Å². The zero-order chi connectivity index (χ0) is 15.3. The van der Waals surface area contributed by atoms with Crippen molar-refractivity contribution in [2.75, 3.05) is 18.4 Å². The lowest BCUT2D eigenvalue weighted by molar-refractivity contribution is 0.0934. The van der Waals surface area contributed by atoms with Crippen LogP contribution >= 0.6 is 11.6 Å². The number of halogens is 1. The first kappa shape index (κ1) is 16.1. The number of aromatic nitrogens is 1. The lowest BCUT2D eigenvalue weighted by Gasteiger charge is -2.23. The van der Waals surface area contributed by atoms with Crippen molar-refractivity contribution in [1.29, 1.82) is 0 Å². The van der Waals surface area contributed by atoms with E-state index >= 15 is 0 Å². The maximum Gasteiger partial charge on any atom is 0.253 e. The number of nitrogens with one attached hydrogen (secondary N) is 2. The smallest absolute Gasteiger partial charge is 0.253 e. The van der Waals surface area contributed by atoms with E-state index in [2.05, 4.69) is 29.5 Å². The fourth-order valence-electron chi connectivity index (χ4n) is 2.76. The molecule has 1 aliphatic carbocycles. The number of rotatable bonds is 6. The van der Waals surface area contributed by atoms with E-state index in [1.165, 1.54) is 31.9 Å². The van der Waals surface area contributed by atoms with Gasteiger partial charge in [0.2, 0.25) is 0 Å². The fourth-order valence-corrected chi connectivity index (χ4v) is 2.95. The van der Waals surface area contributed by atoms with E-state index in [1.807, 2.05) is 0 Å². The Morgan fingerprint density at radius 1 is 1.43 bits per heavy atom. The van der Waals surface area contributed by atoms with Crippen LogP contribution in [0.4, 0.5) is 5.82 Å². The van der Waals surface area contributed by atoms with Gasteiger partial charge in [-0.15, -0.1) is 0 Å². The molecule has 4 nitrogen and oxygen atoms in total. The maximum atomic E-state index is 12.3. The number of hydrogen-bond donors (Lipinski definition) is 2. The standard InChI is InChI=1S/C16H24ClN3O/c1-3-8-18-14-9-12(13(17)10-19-14)15(21)20-11-16(2)6-4-5-7-16/h9-10H,3-8,11H2,1-2H3,(H,18,19)(H,20,21). The molecule has 1 aromatic rings. The first-order valence-corrected chi connectivity index (χ1v) is 8.09. The second-order valence-electron chi connectivity index (χ2n) is 6.18. The van der Waals surface area contributed by atoms with Gasteiger partial charge < -0.3 is 10.6 Å². The molecule has 2 rings (SSSR count). The molecule has 0 aromatic carbocycles. The molecule has 1 fully saturated rings. The molecule has 2 N–H and O–H groups in total. The second-order valence-corrected chi connectivity index (χ2v) is 6.58. The number of amides is 1. The van der Waals surface area contributed by atoms with Gasteiger partial charge in [0.1, 0.15) is 5.82 Å². The van der Waals surface area contributed by atoms with Crippen LogP contribution in [-0.4, -0.2) is 24.0 Å². The third kappa shape index (κ3) is 4.34. The predicted molar refractivity (Wildman–Crippen MR) is 86.9 cm³/mol. The van der Waals surface area contributed by atoms with Crippen LogP contribution in [0.15, 0.2) is 12.3 Å². The van der Waals surface area contributed by atoms with Gasteiger partial charge in [-0.05, 0) is 30.7 Å². The van der Waals surface area contributed by atoms with Gasteiger partial charge in [0, 0.05) is 19.3 Å². The second kappa shape index (κ2) is 7.12. The van der Waals surface area contributed by atoms with E-state index in [1.54, 1.807) is 6.07 Å². The van der Waals surface area contributed by atoms with Gasteiger partial charge in [-0.25, -0.2) is 4.98 Å². The van der Waals surface area contributed by atoms with Crippen LogP contribution in [0.3, 0.4) is 0 Å². The largest absolute Gasteiger partial charge is 0.370 e. The SMILES string of the molecule is CCCNc1cc(C(=O)NCC2(C)CCCC2)c(Cl)cn1. The summed E-state index contributed by atoms with van der Waals surface area (Å²) in [7, 11) is 0. The van der Waals surface area contributed by atoms with Crippen molar-refractivity contribution in [1.82, 2.24) is 10.3 Å². The van der Waals surface area contributed by atoms with E-state index in [0.717, 1.165) is 13.0 Å². The molecule has 116 valence electrons. The molecule has 0 aliphatic heterocycles. The molecule has 1 aromatic heterocycles. The van der Waals surface area contributed by atoms with Crippen molar-refractivity contribution >= 4 is 23.3 Å². The molecule has 21 heavy (non-hydrogen) atoms. The summed E-state index contributed by atoms with van der Waals surface area (Å²) in [6.07, 6.45) is 7.41. The molecule has 0 unspecified atom stereocenters. The van der Waals surface area contributed by atoms with Gasteiger partial charge >= 0.3 is 0 Å². The summed E-state index contributed by atoms with van der Waals surface area (Å²) in [5.74, 6) is 0.577. The van der Waals surface area contributed by atoms with Crippen LogP contribution in [0.2, 0.25) is 5.02 Å². The number of carbonyl (C=O) groups excluding carboxylic acids is 1. The first-order chi connectivity index (χ1) is 10.0. The normalized spacial score (nSPS) is 16.7. The molecule has 0 radical (unpaired) electrons. The fraction of sp³-hybridized carbons (Fsp3) is 0.625. The Labute approximate surface area is 131 Å². The van der Waals surface area contributed by atoms with Crippen molar-refractivity contribution in [3.63, 3.8) is 0 Å². The van der Waals surface area contributed by atoms with E-state index in [9.17, 15) is 4.79 Å². The quantitative estimate of drug-likeness (QED) is 0.838. The number of pyridine rings is 1. The Kier molecular flexibility index (Phi) is 5.45. The minimum absolute atomic E-state index is 0.116. The zero-order valence-electron chi connectivity index (χ0n) is 12.8. The predicted octanol–water partition coefficient (Wildman–Crippen LogP) is 3.87. The summed E-state index contributed by atoms with van der Waals surface area (Å²) in [6.45, 7) is 5.86. The summed E-state index contributed by atoms with van der Waals surface area (Å²) >= 11 is 6.10. The van der Waals surface area contributed by atoms with Crippen molar-refractivity contribution in [2.24, 2.45) is 5.41 Å². The molecule has 0 spiro atoms. The molecule has 1 heterocycles.